The van der Waals surface area contributed by atoms with Crippen LogP contribution in [0.25, 0.3) is 0 Å². The largest absolute Gasteiger partial charge is 0.480 e. The first kappa shape index (κ1) is 15.3. The third-order valence-corrected chi connectivity index (χ3v) is 4.81. The molecule has 2 saturated heterocycles. The minimum atomic E-state index is -0.798. The first-order chi connectivity index (χ1) is 9.54. The van der Waals surface area contributed by atoms with Gasteiger partial charge in [0.15, 0.2) is 0 Å². The van der Waals surface area contributed by atoms with Gasteiger partial charge in [-0.05, 0) is 44.6 Å². The van der Waals surface area contributed by atoms with Gasteiger partial charge in [-0.15, -0.1) is 0 Å². The van der Waals surface area contributed by atoms with E-state index in [2.05, 4.69) is 6.92 Å². The molecule has 2 heterocycles. The summed E-state index contributed by atoms with van der Waals surface area (Å²) in [6.07, 6.45) is 5.20. The number of carbonyl (C=O) groups excluding carboxylic acids is 1. The molecule has 0 aromatic heterocycles. The molecule has 1 N–H and O–H groups in total. The lowest BCUT2D eigenvalue weighted by Gasteiger charge is -2.36. The highest BCUT2D eigenvalue weighted by Gasteiger charge is 2.38. The monoisotopic (exact) mass is 282 g/mol. The molecule has 0 aromatic rings. The molecule has 0 bridgehead atoms. The van der Waals surface area contributed by atoms with E-state index in [1.807, 2.05) is 16.7 Å². The Morgan fingerprint density at radius 1 is 1.20 bits per heavy atom. The molecule has 5 nitrogen and oxygen atoms in total. The molecule has 2 aliphatic rings. The smallest absolute Gasteiger partial charge is 0.321 e. The molecule has 2 rings (SSSR count). The highest BCUT2D eigenvalue weighted by molar-refractivity contribution is 5.80. The van der Waals surface area contributed by atoms with Crippen LogP contribution < -0.4 is 0 Å². The fourth-order valence-electron chi connectivity index (χ4n) is 3.62. The third kappa shape index (κ3) is 3.14. The van der Waals surface area contributed by atoms with Crippen LogP contribution >= 0.6 is 0 Å². The maximum atomic E-state index is 12.5. The molecule has 0 aromatic carbocycles. The molecule has 5 heteroatoms. The molecule has 3 atom stereocenters. The predicted octanol–water partition coefficient (Wildman–Crippen LogP) is 1.57. The number of rotatable bonds is 4. The van der Waals surface area contributed by atoms with Crippen molar-refractivity contribution in [3.8, 4) is 0 Å². The van der Waals surface area contributed by atoms with E-state index in [0.29, 0.717) is 12.6 Å². The van der Waals surface area contributed by atoms with Crippen molar-refractivity contribution >= 4 is 11.9 Å². The highest BCUT2D eigenvalue weighted by atomic mass is 16.4. The van der Waals surface area contributed by atoms with E-state index in [-0.39, 0.29) is 18.4 Å². The van der Waals surface area contributed by atoms with Crippen molar-refractivity contribution in [3.05, 3.63) is 0 Å². The molecule has 1 amide bonds. The topological polar surface area (TPSA) is 60.9 Å². The van der Waals surface area contributed by atoms with Gasteiger partial charge in [-0.1, -0.05) is 13.8 Å². The fourth-order valence-corrected chi connectivity index (χ4v) is 3.62. The Kier molecular flexibility index (Phi) is 5.02. The highest BCUT2D eigenvalue weighted by Crippen LogP contribution is 2.25. The second-order valence-corrected chi connectivity index (χ2v) is 6.16. The van der Waals surface area contributed by atoms with Gasteiger partial charge >= 0.3 is 5.97 Å². The van der Waals surface area contributed by atoms with Crippen molar-refractivity contribution in [2.75, 3.05) is 19.6 Å². The Balaban J connectivity index is 1.98. The van der Waals surface area contributed by atoms with E-state index < -0.39 is 12.0 Å². The maximum absolute atomic E-state index is 12.5. The number of piperidine rings is 1. The van der Waals surface area contributed by atoms with E-state index in [9.17, 15) is 14.7 Å². The molecular formula is C15H26N2O3. The lowest BCUT2D eigenvalue weighted by molar-refractivity contribution is -0.145. The van der Waals surface area contributed by atoms with Crippen LogP contribution in [0, 0.1) is 5.92 Å². The molecule has 114 valence electrons. The Bertz CT molecular complexity index is 372. The van der Waals surface area contributed by atoms with Crippen LogP contribution in [0.5, 0.6) is 0 Å². The molecule has 3 unspecified atom stereocenters. The lowest BCUT2D eigenvalue weighted by Crippen LogP contribution is -2.50. The van der Waals surface area contributed by atoms with Crippen LogP contribution in [0.3, 0.4) is 0 Å². The van der Waals surface area contributed by atoms with E-state index in [1.165, 1.54) is 6.42 Å². The number of carboxylic acids is 1. The van der Waals surface area contributed by atoms with Crippen LogP contribution in [0.15, 0.2) is 0 Å². The zero-order valence-corrected chi connectivity index (χ0v) is 12.5. The molecule has 0 radical (unpaired) electrons. The van der Waals surface area contributed by atoms with Crippen LogP contribution in [0.1, 0.15) is 46.0 Å². The van der Waals surface area contributed by atoms with Crippen molar-refractivity contribution in [2.45, 2.75) is 58.0 Å². The summed E-state index contributed by atoms with van der Waals surface area (Å²) in [6.45, 7) is 5.89. The van der Waals surface area contributed by atoms with Gasteiger partial charge in [0, 0.05) is 12.6 Å². The van der Waals surface area contributed by atoms with E-state index in [0.717, 1.165) is 32.2 Å². The number of amides is 1. The molecule has 0 aliphatic carbocycles. The molecular weight excluding hydrogens is 256 g/mol. The Hall–Kier alpha value is -1.10. The van der Waals surface area contributed by atoms with Crippen molar-refractivity contribution in [1.29, 1.82) is 0 Å². The summed E-state index contributed by atoms with van der Waals surface area (Å²) >= 11 is 0. The Morgan fingerprint density at radius 3 is 2.60 bits per heavy atom. The van der Waals surface area contributed by atoms with Gasteiger partial charge < -0.3 is 10.0 Å². The number of aliphatic carboxylic acids is 1. The summed E-state index contributed by atoms with van der Waals surface area (Å²) in [5.74, 6) is -0.561. The van der Waals surface area contributed by atoms with Gasteiger partial charge in [-0.2, -0.15) is 0 Å². The third-order valence-electron chi connectivity index (χ3n) is 4.81. The number of nitrogens with zero attached hydrogens (tertiary/aromatic N) is 2. The number of carboxylic acid groups (broad SMARTS) is 1. The minimum Gasteiger partial charge on any atom is -0.480 e. The van der Waals surface area contributed by atoms with Crippen LogP contribution in [0.4, 0.5) is 0 Å². The van der Waals surface area contributed by atoms with E-state index in [4.69, 9.17) is 0 Å². The number of carbonyl (C=O) groups is 2. The average Bonchev–Trinajstić information content (AvgIpc) is 2.79. The second-order valence-electron chi connectivity index (χ2n) is 6.16. The van der Waals surface area contributed by atoms with Gasteiger partial charge in [-0.25, -0.2) is 0 Å². The van der Waals surface area contributed by atoms with Crippen molar-refractivity contribution in [3.63, 3.8) is 0 Å². The van der Waals surface area contributed by atoms with Crippen LogP contribution in [-0.2, 0) is 9.59 Å². The molecule has 20 heavy (non-hydrogen) atoms. The summed E-state index contributed by atoms with van der Waals surface area (Å²) in [7, 11) is 0. The molecule has 2 fully saturated rings. The number of hydrogen-bond donors (Lipinski definition) is 1. The summed E-state index contributed by atoms with van der Waals surface area (Å²) < 4.78 is 0. The first-order valence-corrected chi connectivity index (χ1v) is 7.81. The summed E-state index contributed by atoms with van der Waals surface area (Å²) in [5.41, 5.74) is 0. The maximum Gasteiger partial charge on any atom is 0.321 e. The summed E-state index contributed by atoms with van der Waals surface area (Å²) in [6, 6.07) is -0.150. The average molecular weight is 282 g/mol. The zero-order chi connectivity index (χ0) is 14.7. The van der Waals surface area contributed by atoms with Crippen molar-refractivity contribution < 1.29 is 14.7 Å². The van der Waals surface area contributed by atoms with Crippen molar-refractivity contribution in [1.82, 2.24) is 9.80 Å². The number of hydrogen-bond acceptors (Lipinski definition) is 3. The van der Waals surface area contributed by atoms with Crippen LogP contribution in [0.2, 0.25) is 0 Å². The van der Waals surface area contributed by atoms with Gasteiger partial charge in [0.2, 0.25) is 5.91 Å². The normalized spacial score (nSPS) is 31.5. The van der Waals surface area contributed by atoms with Crippen molar-refractivity contribution in [2.24, 2.45) is 5.92 Å². The quantitative estimate of drug-likeness (QED) is 0.850. The number of likely N-dealkylation sites (tertiary alicyclic amines) is 2. The van der Waals surface area contributed by atoms with Gasteiger partial charge in [0.1, 0.15) is 6.04 Å². The standard InChI is InChI=1S/C15H26N2O3/c1-3-12-6-4-5-8-17(12)13(18)10-16-9-7-11(2)14(16)15(19)20/h11-12,14H,3-10H2,1-2H3,(H,19,20). The lowest BCUT2D eigenvalue weighted by atomic mass is 10.00. The summed E-state index contributed by atoms with van der Waals surface area (Å²) in [4.78, 5) is 27.6. The molecule has 2 aliphatic heterocycles. The zero-order valence-electron chi connectivity index (χ0n) is 12.5. The fraction of sp³-hybridized carbons (Fsp3) is 0.867. The van der Waals surface area contributed by atoms with Gasteiger partial charge in [0.05, 0.1) is 6.54 Å². The SMILES string of the molecule is CCC1CCCCN1C(=O)CN1CCC(C)C1C(=O)O. The van der Waals surface area contributed by atoms with Crippen LogP contribution in [-0.4, -0.2) is 58.5 Å². The Morgan fingerprint density at radius 2 is 1.95 bits per heavy atom. The van der Waals surface area contributed by atoms with E-state index in [1.54, 1.807) is 0 Å². The first-order valence-electron chi connectivity index (χ1n) is 7.81. The van der Waals surface area contributed by atoms with E-state index >= 15 is 0 Å². The van der Waals surface area contributed by atoms with Gasteiger partial charge in [-0.3, -0.25) is 14.5 Å². The van der Waals surface area contributed by atoms with Gasteiger partial charge in [0.25, 0.3) is 0 Å². The molecule has 0 spiro atoms. The predicted molar refractivity (Wildman–Crippen MR) is 76.4 cm³/mol. The Labute approximate surface area is 120 Å². The second kappa shape index (κ2) is 6.57. The summed E-state index contributed by atoms with van der Waals surface area (Å²) in [5, 5.41) is 9.31. The molecule has 0 saturated carbocycles. The minimum absolute atomic E-state index is 0.108.